The molecule has 1 heterocycles. The second-order valence-electron chi connectivity index (χ2n) is 5.38. The number of nitrogens with zero attached hydrogens (tertiary/aromatic N) is 1. The fourth-order valence-electron chi connectivity index (χ4n) is 2.63. The van der Waals surface area contributed by atoms with Gasteiger partial charge in [-0.2, -0.15) is 0 Å². The highest BCUT2D eigenvalue weighted by Crippen LogP contribution is 2.37. The molecule has 7 heteroatoms. The third-order valence-electron chi connectivity index (χ3n) is 3.81. The number of fused-ring (bicyclic) bond motifs is 1. The summed E-state index contributed by atoms with van der Waals surface area (Å²) in [6.45, 7) is 5.34. The second-order valence-corrected chi connectivity index (χ2v) is 5.65. The predicted molar refractivity (Wildman–Crippen MR) is 89.8 cm³/mol. The average molecular weight is 354 g/mol. The minimum Gasteiger partial charge on any atom is -0.479 e. The molecule has 0 spiro atoms. The Hall–Kier alpha value is -2.08. The zero-order valence-electron chi connectivity index (χ0n) is 13.9. The van der Waals surface area contributed by atoms with E-state index in [9.17, 15) is 14.4 Å². The number of carbonyl (C=O) groups is 3. The van der Waals surface area contributed by atoms with Gasteiger partial charge >= 0.3 is 5.97 Å². The Morgan fingerprint density at radius 2 is 2.08 bits per heavy atom. The maximum absolute atomic E-state index is 12.6. The topological polar surface area (TPSA) is 72.9 Å². The minimum absolute atomic E-state index is 0.168. The number of esters is 1. The first kappa shape index (κ1) is 18.3. The van der Waals surface area contributed by atoms with E-state index in [1.165, 1.54) is 11.0 Å². The highest BCUT2D eigenvalue weighted by molar-refractivity contribution is 6.30. The van der Waals surface area contributed by atoms with Gasteiger partial charge in [0.1, 0.15) is 11.8 Å². The summed E-state index contributed by atoms with van der Waals surface area (Å²) in [5.74, 6) is -0.829. The molecule has 0 aliphatic carbocycles. The zero-order valence-corrected chi connectivity index (χ0v) is 14.6. The number of Topliss-reactive ketones (excluding diaryl/α,β-unsaturated/α-hetero) is 1. The number of hydrogen-bond acceptors (Lipinski definition) is 5. The van der Waals surface area contributed by atoms with Gasteiger partial charge in [0.25, 0.3) is 5.91 Å². The summed E-state index contributed by atoms with van der Waals surface area (Å²) >= 11 is 5.60. The van der Waals surface area contributed by atoms with Crippen LogP contribution in [0.4, 0.5) is 5.69 Å². The summed E-state index contributed by atoms with van der Waals surface area (Å²) in [5, 5.41) is 0. The van der Waals surface area contributed by atoms with Crippen molar-refractivity contribution in [1.82, 2.24) is 0 Å². The molecule has 0 fully saturated rings. The molecule has 1 amide bonds. The van der Waals surface area contributed by atoms with Crippen LogP contribution in [0.25, 0.3) is 0 Å². The van der Waals surface area contributed by atoms with Crippen molar-refractivity contribution in [3.63, 3.8) is 0 Å². The van der Waals surface area contributed by atoms with E-state index >= 15 is 0 Å². The molecule has 2 unspecified atom stereocenters. The standard InChI is InChI=1S/C17H20ClNO5/c1-4-12(17(22)23-5-2)19-13-8-11(14(20)9-18)6-7-15(13)24-10(3)16(19)21/h6-8,10,12H,4-5,9H2,1-3H3. The van der Waals surface area contributed by atoms with Gasteiger partial charge < -0.3 is 9.47 Å². The lowest BCUT2D eigenvalue weighted by atomic mass is 10.0. The Labute approximate surface area is 145 Å². The van der Waals surface area contributed by atoms with Crippen molar-refractivity contribution < 1.29 is 23.9 Å². The largest absolute Gasteiger partial charge is 0.479 e. The molecule has 2 atom stereocenters. The van der Waals surface area contributed by atoms with Crippen molar-refractivity contribution in [1.29, 1.82) is 0 Å². The van der Waals surface area contributed by atoms with E-state index in [1.54, 1.807) is 32.9 Å². The molecule has 6 nitrogen and oxygen atoms in total. The van der Waals surface area contributed by atoms with Crippen molar-refractivity contribution in [2.75, 3.05) is 17.4 Å². The van der Waals surface area contributed by atoms with Crippen LogP contribution in [0.3, 0.4) is 0 Å². The van der Waals surface area contributed by atoms with Crippen molar-refractivity contribution in [2.45, 2.75) is 39.3 Å². The van der Waals surface area contributed by atoms with Crippen LogP contribution in [0.1, 0.15) is 37.6 Å². The maximum Gasteiger partial charge on any atom is 0.329 e. The average Bonchev–Trinajstić information content (AvgIpc) is 2.58. The number of anilines is 1. The van der Waals surface area contributed by atoms with Gasteiger partial charge in [0.05, 0.1) is 18.2 Å². The molecule has 0 saturated heterocycles. The summed E-state index contributed by atoms with van der Waals surface area (Å²) in [5.41, 5.74) is 0.743. The van der Waals surface area contributed by atoms with Gasteiger partial charge in [-0.3, -0.25) is 14.5 Å². The number of rotatable bonds is 6. The molecule has 1 aliphatic heterocycles. The molecule has 0 saturated carbocycles. The Kier molecular flexibility index (Phi) is 5.83. The first-order valence-corrected chi connectivity index (χ1v) is 8.37. The van der Waals surface area contributed by atoms with Crippen LogP contribution >= 0.6 is 11.6 Å². The number of ether oxygens (including phenoxy) is 2. The summed E-state index contributed by atoms with van der Waals surface area (Å²) in [6, 6.07) is 3.97. The van der Waals surface area contributed by atoms with E-state index in [4.69, 9.17) is 21.1 Å². The number of amides is 1. The third kappa shape index (κ3) is 3.38. The van der Waals surface area contributed by atoms with E-state index in [1.807, 2.05) is 0 Å². The molecule has 0 N–H and O–H groups in total. The van der Waals surface area contributed by atoms with Crippen LogP contribution in [0.2, 0.25) is 0 Å². The van der Waals surface area contributed by atoms with Crippen molar-refractivity contribution in [3.05, 3.63) is 23.8 Å². The van der Waals surface area contributed by atoms with Gasteiger partial charge in [0, 0.05) is 5.56 Å². The molecule has 24 heavy (non-hydrogen) atoms. The van der Waals surface area contributed by atoms with Crippen LogP contribution in [0.5, 0.6) is 5.75 Å². The van der Waals surface area contributed by atoms with E-state index in [0.29, 0.717) is 23.4 Å². The van der Waals surface area contributed by atoms with E-state index in [-0.39, 0.29) is 24.2 Å². The molecule has 0 aromatic heterocycles. The number of ketones is 1. The molecule has 0 bridgehead atoms. The van der Waals surface area contributed by atoms with Crippen molar-refractivity contribution in [2.24, 2.45) is 0 Å². The molecular formula is C17H20ClNO5. The van der Waals surface area contributed by atoms with Gasteiger partial charge in [-0.1, -0.05) is 6.92 Å². The second kappa shape index (κ2) is 7.66. The maximum atomic E-state index is 12.6. The first-order valence-electron chi connectivity index (χ1n) is 7.84. The number of carbonyl (C=O) groups excluding carboxylic acids is 3. The van der Waals surface area contributed by atoms with Crippen molar-refractivity contribution >= 4 is 34.9 Å². The minimum atomic E-state index is -0.774. The lowest BCUT2D eigenvalue weighted by Gasteiger charge is -2.37. The van der Waals surface area contributed by atoms with Gasteiger partial charge in [0.15, 0.2) is 11.9 Å². The Morgan fingerprint density at radius 1 is 1.38 bits per heavy atom. The Morgan fingerprint density at radius 3 is 2.67 bits per heavy atom. The van der Waals surface area contributed by atoms with Crippen LogP contribution < -0.4 is 9.64 Å². The molecular weight excluding hydrogens is 334 g/mol. The molecule has 2 rings (SSSR count). The van der Waals surface area contributed by atoms with Gasteiger partial charge in [-0.15, -0.1) is 11.6 Å². The molecule has 0 radical (unpaired) electrons. The Balaban J connectivity index is 2.52. The van der Waals surface area contributed by atoms with Gasteiger partial charge in [0.2, 0.25) is 0 Å². The molecule has 130 valence electrons. The molecule has 1 aromatic rings. The monoisotopic (exact) mass is 353 g/mol. The normalized spacial score (nSPS) is 17.8. The lowest BCUT2D eigenvalue weighted by molar-refractivity contribution is -0.146. The number of alkyl halides is 1. The summed E-state index contributed by atoms with van der Waals surface area (Å²) in [6.07, 6.45) is -0.347. The quantitative estimate of drug-likeness (QED) is 0.446. The predicted octanol–water partition coefficient (Wildman–Crippen LogP) is 2.56. The van der Waals surface area contributed by atoms with Gasteiger partial charge in [-0.05, 0) is 38.5 Å². The van der Waals surface area contributed by atoms with E-state index in [0.717, 1.165) is 0 Å². The SMILES string of the molecule is CCOC(=O)C(CC)N1C(=O)C(C)Oc2ccc(C(=O)CCl)cc21. The molecule has 1 aromatic carbocycles. The highest BCUT2D eigenvalue weighted by atomic mass is 35.5. The fourth-order valence-corrected chi connectivity index (χ4v) is 2.78. The summed E-state index contributed by atoms with van der Waals surface area (Å²) in [7, 11) is 0. The van der Waals surface area contributed by atoms with Crippen LogP contribution in [-0.4, -0.2) is 42.3 Å². The smallest absolute Gasteiger partial charge is 0.329 e. The Bertz CT molecular complexity index is 660. The molecule has 1 aliphatic rings. The van der Waals surface area contributed by atoms with E-state index < -0.39 is 18.1 Å². The van der Waals surface area contributed by atoms with Crippen molar-refractivity contribution in [3.8, 4) is 5.75 Å². The van der Waals surface area contributed by atoms with Crippen LogP contribution in [0.15, 0.2) is 18.2 Å². The highest BCUT2D eigenvalue weighted by Gasteiger charge is 2.39. The van der Waals surface area contributed by atoms with Crippen LogP contribution in [0, 0.1) is 0 Å². The number of halogens is 1. The van der Waals surface area contributed by atoms with Crippen LogP contribution in [-0.2, 0) is 14.3 Å². The van der Waals surface area contributed by atoms with Gasteiger partial charge in [-0.25, -0.2) is 4.79 Å². The lowest BCUT2D eigenvalue weighted by Crippen LogP contribution is -2.53. The third-order valence-corrected chi connectivity index (χ3v) is 4.05. The van der Waals surface area contributed by atoms with E-state index in [2.05, 4.69) is 0 Å². The number of benzene rings is 1. The first-order chi connectivity index (χ1) is 11.4. The summed E-state index contributed by atoms with van der Waals surface area (Å²) < 4.78 is 10.7. The number of hydrogen-bond donors (Lipinski definition) is 0. The fraction of sp³-hybridized carbons (Fsp3) is 0.471. The zero-order chi connectivity index (χ0) is 17.9. The summed E-state index contributed by atoms with van der Waals surface area (Å²) in [4.78, 5) is 38.1.